The van der Waals surface area contributed by atoms with E-state index >= 15 is 0 Å². The first-order chi connectivity index (χ1) is 8.65. The van der Waals surface area contributed by atoms with Gasteiger partial charge in [0.1, 0.15) is 6.42 Å². The Morgan fingerprint density at radius 1 is 1.11 bits per heavy atom. The molecule has 2 aliphatic rings. The van der Waals surface area contributed by atoms with E-state index in [0.717, 1.165) is 16.0 Å². The van der Waals surface area contributed by atoms with Gasteiger partial charge in [-0.2, -0.15) is 0 Å². The van der Waals surface area contributed by atoms with Crippen LogP contribution in [-0.2, 0) is 27.5 Å². The van der Waals surface area contributed by atoms with Gasteiger partial charge < -0.3 is 4.74 Å². The van der Waals surface area contributed by atoms with Crippen LogP contribution in [0, 0.1) is 0 Å². The summed E-state index contributed by atoms with van der Waals surface area (Å²) in [6.07, 6.45) is -0.306. The van der Waals surface area contributed by atoms with Gasteiger partial charge in [0.25, 0.3) is 0 Å². The molecule has 92 valence electrons. The number of urea groups is 1. The Balaban J connectivity index is 1.97. The van der Waals surface area contributed by atoms with Gasteiger partial charge in [-0.15, -0.1) is 0 Å². The van der Waals surface area contributed by atoms with Crippen molar-refractivity contribution in [2.45, 2.75) is 19.6 Å². The zero-order chi connectivity index (χ0) is 12.7. The lowest BCUT2D eigenvalue weighted by Gasteiger charge is -2.25. The van der Waals surface area contributed by atoms with Crippen molar-refractivity contribution in [3.8, 4) is 0 Å². The molecule has 1 N–H and O–H groups in total. The molecule has 0 atom stereocenters. The van der Waals surface area contributed by atoms with Crippen molar-refractivity contribution in [1.29, 1.82) is 0 Å². The van der Waals surface area contributed by atoms with Crippen molar-refractivity contribution in [1.82, 2.24) is 5.32 Å². The lowest BCUT2D eigenvalue weighted by molar-refractivity contribution is -0.128. The fourth-order valence-electron chi connectivity index (χ4n) is 2.11. The number of carbonyl (C=O) groups excluding carboxylic acids is 3. The quantitative estimate of drug-likeness (QED) is 0.740. The highest BCUT2D eigenvalue weighted by Gasteiger charge is 2.32. The predicted octanol–water partition coefficient (Wildman–Crippen LogP) is 0.690. The second kappa shape index (κ2) is 3.92. The van der Waals surface area contributed by atoms with Gasteiger partial charge in [-0.25, -0.2) is 9.69 Å². The van der Waals surface area contributed by atoms with Crippen molar-refractivity contribution < 1.29 is 19.1 Å². The number of nitrogens with one attached hydrogen (secondary N) is 1. The molecule has 0 unspecified atom stereocenters. The topological polar surface area (TPSA) is 75.7 Å². The van der Waals surface area contributed by atoms with Crippen LogP contribution in [0.1, 0.15) is 17.5 Å². The second-order valence-corrected chi connectivity index (χ2v) is 4.21. The molecule has 2 heterocycles. The smallest absolute Gasteiger partial charge is 0.335 e. The largest absolute Gasteiger partial charge is 0.372 e. The maximum atomic E-state index is 11.7. The molecule has 18 heavy (non-hydrogen) atoms. The maximum Gasteiger partial charge on any atom is 0.335 e. The second-order valence-electron chi connectivity index (χ2n) is 4.21. The number of fused-ring (bicyclic) bond motifs is 1. The van der Waals surface area contributed by atoms with E-state index in [0.29, 0.717) is 18.9 Å². The van der Waals surface area contributed by atoms with Crippen molar-refractivity contribution >= 4 is 23.5 Å². The summed E-state index contributed by atoms with van der Waals surface area (Å²) in [6, 6.07) is 4.56. The minimum Gasteiger partial charge on any atom is -0.372 e. The number of ether oxygens (including phenoxy) is 1. The highest BCUT2D eigenvalue weighted by atomic mass is 16.5. The summed E-state index contributed by atoms with van der Waals surface area (Å²) >= 11 is 0. The first-order valence-corrected chi connectivity index (χ1v) is 5.51. The van der Waals surface area contributed by atoms with Gasteiger partial charge in [0.2, 0.25) is 11.8 Å². The van der Waals surface area contributed by atoms with Crippen LogP contribution in [0.3, 0.4) is 0 Å². The Labute approximate surface area is 103 Å². The van der Waals surface area contributed by atoms with Crippen LogP contribution in [0.4, 0.5) is 10.5 Å². The van der Waals surface area contributed by atoms with Gasteiger partial charge in [0.05, 0.1) is 18.9 Å². The van der Waals surface area contributed by atoms with Crippen molar-refractivity contribution in [3.05, 3.63) is 29.3 Å². The minimum atomic E-state index is -0.699. The fourth-order valence-corrected chi connectivity index (χ4v) is 2.11. The fraction of sp³-hybridized carbons (Fsp3) is 0.250. The molecule has 0 aliphatic carbocycles. The van der Waals surface area contributed by atoms with Crippen molar-refractivity contribution in [2.24, 2.45) is 0 Å². The molecule has 6 nitrogen and oxygen atoms in total. The van der Waals surface area contributed by atoms with E-state index in [2.05, 4.69) is 5.32 Å². The summed E-state index contributed by atoms with van der Waals surface area (Å²) in [5, 5.41) is 2.12. The number of rotatable bonds is 1. The van der Waals surface area contributed by atoms with Crippen LogP contribution in [0.25, 0.3) is 0 Å². The monoisotopic (exact) mass is 246 g/mol. The van der Waals surface area contributed by atoms with Gasteiger partial charge >= 0.3 is 6.03 Å². The molecule has 0 saturated carbocycles. The summed E-state index contributed by atoms with van der Waals surface area (Å²) in [5.74, 6) is -1.08. The molecule has 0 spiro atoms. The Hall–Kier alpha value is -2.21. The van der Waals surface area contributed by atoms with Gasteiger partial charge in [-0.05, 0) is 23.3 Å². The molecule has 0 aromatic heterocycles. The van der Waals surface area contributed by atoms with E-state index < -0.39 is 17.8 Å². The van der Waals surface area contributed by atoms with Gasteiger partial charge in [0, 0.05) is 0 Å². The van der Waals surface area contributed by atoms with Gasteiger partial charge in [-0.3, -0.25) is 14.9 Å². The molecule has 0 bridgehead atoms. The highest BCUT2D eigenvalue weighted by molar-refractivity contribution is 6.26. The number of anilines is 1. The number of carbonyl (C=O) groups is 3. The Kier molecular flexibility index (Phi) is 2.38. The normalized spacial score (nSPS) is 18.9. The van der Waals surface area contributed by atoms with Crippen LogP contribution >= 0.6 is 0 Å². The number of benzene rings is 1. The van der Waals surface area contributed by atoms with Crippen LogP contribution in [0.5, 0.6) is 0 Å². The number of hydrogen-bond acceptors (Lipinski definition) is 4. The maximum absolute atomic E-state index is 11.7. The van der Waals surface area contributed by atoms with Crippen molar-refractivity contribution in [2.75, 3.05) is 4.90 Å². The molecule has 2 aliphatic heterocycles. The molecule has 1 aromatic rings. The summed E-state index contributed by atoms with van der Waals surface area (Å²) in [5.41, 5.74) is 2.49. The summed E-state index contributed by atoms with van der Waals surface area (Å²) in [4.78, 5) is 35.4. The third-order valence-corrected chi connectivity index (χ3v) is 2.97. The first-order valence-electron chi connectivity index (χ1n) is 5.51. The molecule has 0 radical (unpaired) electrons. The van der Waals surface area contributed by atoms with E-state index in [1.54, 1.807) is 12.1 Å². The Morgan fingerprint density at radius 3 is 2.67 bits per heavy atom. The molecular formula is C12H10N2O4. The summed E-state index contributed by atoms with van der Waals surface area (Å²) < 4.78 is 5.27. The van der Waals surface area contributed by atoms with Crippen LogP contribution in [0.2, 0.25) is 0 Å². The third-order valence-electron chi connectivity index (χ3n) is 2.97. The predicted molar refractivity (Wildman–Crippen MR) is 60.6 cm³/mol. The average molecular weight is 246 g/mol. The molecule has 4 amide bonds. The SMILES string of the molecule is O=C1CC(=O)N(c2ccc3c(c2)COC3)C(=O)N1. The standard InChI is InChI=1S/C12H10N2O4/c15-10-4-11(16)14(12(17)13-10)9-2-1-7-5-18-6-8(7)3-9/h1-3H,4-6H2,(H,13,15,17). The van der Waals surface area contributed by atoms with Gasteiger partial charge in [0.15, 0.2) is 0 Å². The van der Waals surface area contributed by atoms with E-state index in [1.165, 1.54) is 0 Å². The van der Waals surface area contributed by atoms with Crippen molar-refractivity contribution in [3.63, 3.8) is 0 Å². The molecule has 1 aromatic carbocycles. The number of nitrogens with zero attached hydrogens (tertiary/aromatic N) is 1. The average Bonchev–Trinajstić information content (AvgIpc) is 2.74. The van der Waals surface area contributed by atoms with Crippen LogP contribution < -0.4 is 10.2 Å². The zero-order valence-electron chi connectivity index (χ0n) is 9.43. The number of hydrogen-bond donors (Lipinski definition) is 1. The molecule has 6 heteroatoms. The lowest BCUT2D eigenvalue weighted by Crippen LogP contribution is -2.52. The first kappa shape index (κ1) is 10.9. The summed E-state index contributed by atoms with van der Waals surface area (Å²) in [7, 11) is 0. The van der Waals surface area contributed by atoms with Crippen LogP contribution in [-0.4, -0.2) is 17.8 Å². The van der Waals surface area contributed by atoms with Gasteiger partial charge in [-0.1, -0.05) is 6.07 Å². The Morgan fingerprint density at radius 2 is 1.89 bits per heavy atom. The van der Waals surface area contributed by atoms with E-state index in [-0.39, 0.29) is 6.42 Å². The number of amides is 4. The third kappa shape index (κ3) is 1.67. The Bertz CT molecular complexity index is 547. The molecule has 1 fully saturated rings. The highest BCUT2D eigenvalue weighted by Crippen LogP contribution is 2.26. The van der Waals surface area contributed by atoms with Crippen LogP contribution in [0.15, 0.2) is 18.2 Å². The molecule has 3 rings (SSSR count). The van der Waals surface area contributed by atoms with E-state index in [4.69, 9.17) is 4.74 Å². The zero-order valence-corrected chi connectivity index (χ0v) is 9.43. The summed E-state index contributed by atoms with van der Waals surface area (Å²) in [6.45, 7) is 1.03. The van der Waals surface area contributed by atoms with E-state index in [1.807, 2.05) is 6.07 Å². The number of imide groups is 2. The number of barbiturate groups is 1. The molecular weight excluding hydrogens is 236 g/mol. The minimum absolute atomic E-state index is 0.306. The van der Waals surface area contributed by atoms with E-state index in [9.17, 15) is 14.4 Å². The lowest BCUT2D eigenvalue weighted by atomic mass is 10.1. The molecule has 1 saturated heterocycles.